The molecule has 0 unspecified atom stereocenters. The van der Waals surface area contributed by atoms with Gasteiger partial charge in [-0.15, -0.1) is 10.2 Å². The maximum absolute atomic E-state index is 9.92. The van der Waals surface area contributed by atoms with E-state index in [0.717, 1.165) is 48.4 Å². The molecule has 0 bridgehead atoms. The summed E-state index contributed by atoms with van der Waals surface area (Å²) in [5.74, 6) is 1.48. The Morgan fingerprint density at radius 2 is 1.81 bits per heavy atom. The maximum atomic E-state index is 9.92. The summed E-state index contributed by atoms with van der Waals surface area (Å²) in [6, 6.07) is 20.4. The molecule has 2 aromatic heterocycles. The molecule has 1 N–H and O–H groups in total. The molecule has 1 aliphatic heterocycles. The van der Waals surface area contributed by atoms with Crippen LogP contribution in [0.15, 0.2) is 76.4 Å². The van der Waals surface area contributed by atoms with E-state index >= 15 is 0 Å². The Balaban J connectivity index is 1.44. The number of benzene rings is 2. The SMILES string of the molecule is Cc1cc(C(C[C@H](c2ccc(-c3nnc(C4CCOCC4)o3)cc2)c2ccccc2C)=NO)ccn1. The molecule has 0 amide bonds. The van der Waals surface area contributed by atoms with Gasteiger partial charge in [-0.05, 0) is 67.6 Å². The average molecular weight is 483 g/mol. The molecule has 5 rings (SSSR count). The van der Waals surface area contributed by atoms with Crippen LogP contribution in [0.1, 0.15) is 64.9 Å². The van der Waals surface area contributed by atoms with Crippen LogP contribution in [0.5, 0.6) is 0 Å². The summed E-state index contributed by atoms with van der Waals surface area (Å²) in [7, 11) is 0. The van der Waals surface area contributed by atoms with Gasteiger partial charge in [-0.1, -0.05) is 41.6 Å². The molecule has 1 atom stereocenters. The van der Waals surface area contributed by atoms with Gasteiger partial charge in [0.25, 0.3) is 0 Å². The zero-order chi connectivity index (χ0) is 24.9. The Labute approximate surface area is 210 Å². The summed E-state index contributed by atoms with van der Waals surface area (Å²) in [5, 5.41) is 22.2. The molecule has 0 radical (unpaired) electrons. The first-order valence-electron chi connectivity index (χ1n) is 12.3. The normalized spacial score (nSPS) is 15.7. The van der Waals surface area contributed by atoms with Crippen molar-refractivity contribution >= 4 is 5.71 Å². The minimum Gasteiger partial charge on any atom is -0.420 e. The van der Waals surface area contributed by atoms with E-state index in [1.165, 1.54) is 11.1 Å². The van der Waals surface area contributed by atoms with Gasteiger partial charge in [0.15, 0.2) is 0 Å². The number of aryl methyl sites for hydroxylation is 2. The van der Waals surface area contributed by atoms with Crippen molar-refractivity contribution in [2.45, 2.75) is 44.9 Å². The molecule has 0 aliphatic carbocycles. The fraction of sp³-hybridized carbons (Fsp3) is 0.310. The third kappa shape index (κ3) is 5.21. The molecule has 0 saturated carbocycles. The summed E-state index contributed by atoms with van der Waals surface area (Å²) in [4.78, 5) is 4.27. The lowest BCUT2D eigenvalue weighted by Gasteiger charge is -2.21. The number of pyridine rings is 1. The van der Waals surface area contributed by atoms with Crippen LogP contribution in [0.25, 0.3) is 11.5 Å². The Hall–Kier alpha value is -3.84. The third-order valence-electron chi connectivity index (χ3n) is 6.88. The van der Waals surface area contributed by atoms with Gasteiger partial charge >= 0.3 is 0 Å². The predicted octanol–water partition coefficient (Wildman–Crippen LogP) is 6.04. The summed E-state index contributed by atoms with van der Waals surface area (Å²) in [6.45, 7) is 5.51. The van der Waals surface area contributed by atoms with E-state index in [-0.39, 0.29) is 11.8 Å². The molecule has 2 aromatic carbocycles. The molecule has 184 valence electrons. The van der Waals surface area contributed by atoms with Gasteiger partial charge in [-0.25, -0.2) is 0 Å². The average Bonchev–Trinajstić information content (AvgIpc) is 3.41. The fourth-order valence-electron chi connectivity index (χ4n) is 4.84. The molecular weight excluding hydrogens is 452 g/mol. The highest BCUT2D eigenvalue weighted by molar-refractivity contribution is 6.01. The van der Waals surface area contributed by atoms with Crippen molar-refractivity contribution in [2.24, 2.45) is 5.16 Å². The number of nitrogens with zero attached hydrogens (tertiary/aromatic N) is 4. The van der Waals surface area contributed by atoms with E-state index in [1.807, 2.05) is 43.3 Å². The topological polar surface area (TPSA) is 93.6 Å². The van der Waals surface area contributed by atoms with Crippen molar-refractivity contribution in [3.8, 4) is 11.5 Å². The highest BCUT2D eigenvalue weighted by atomic mass is 16.5. The lowest BCUT2D eigenvalue weighted by Crippen LogP contribution is -2.14. The predicted molar refractivity (Wildman–Crippen MR) is 137 cm³/mol. The van der Waals surface area contributed by atoms with Crippen LogP contribution in [-0.4, -0.2) is 39.3 Å². The van der Waals surface area contributed by atoms with Crippen LogP contribution in [-0.2, 0) is 4.74 Å². The van der Waals surface area contributed by atoms with Crippen molar-refractivity contribution in [1.82, 2.24) is 15.2 Å². The molecule has 1 aliphatic rings. The molecule has 1 saturated heterocycles. The largest absolute Gasteiger partial charge is 0.420 e. The monoisotopic (exact) mass is 482 g/mol. The minimum absolute atomic E-state index is 0.0000985. The van der Waals surface area contributed by atoms with Crippen LogP contribution in [0, 0.1) is 13.8 Å². The van der Waals surface area contributed by atoms with E-state index in [2.05, 4.69) is 51.5 Å². The van der Waals surface area contributed by atoms with Gasteiger partial charge in [0.1, 0.15) is 0 Å². The number of oxime groups is 1. The number of ether oxygens (including phenoxy) is 1. The zero-order valence-electron chi connectivity index (χ0n) is 20.6. The van der Waals surface area contributed by atoms with Gasteiger partial charge in [-0.3, -0.25) is 4.98 Å². The molecule has 7 heteroatoms. The van der Waals surface area contributed by atoms with Crippen LogP contribution in [0.3, 0.4) is 0 Å². The fourth-order valence-corrected chi connectivity index (χ4v) is 4.84. The van der Waals surface area contributed by atoms with Crippen molar-refractivity contribution in [3.63, 3.8) is 0 Å². The van der Waals surface area contributed by atoms with Crippen LogP contribution >= 0.6 is 0 Å². The van der Waals surface area contributed by atoms with Crippen LogP contribution in [0.2, 0.25) is 0 Å². The number of hydrogen-bond acceptors (Lipinski definition) is 7. The molecule has 4 aromatic rings. The van der Waals surface area contributed by atoms with Gasteiger partial charge < -0.3 is 14.4 Å². The second-order valence-corrected chi connectivity index (χ2v) is 9.30. The molecule has 3 heterocycles. The van der Waals surface area contributed by atoms with E-state index < -0.39 is 0 Å². The van der Waals surface area contributed by atoms with Crippen molar-refractivity contribution in [3.05, 3.63) is 101 Å². The van der Waals surface area contributed by atoms with Crippen LogP contribution < -0.4 is 0 Å². The second kappa shape index (κ2) is 10.8. The van der Waals surface area contributed by atoms with E-state index in [9.17, 15) is 5.21 Å². The Bertz CT molecular complexity index is 1340. The first-order valence-corrected chi connectivity index (χ1v) is 12.3. The zero-order valence-corrected chi connectivity index (χ0v) is 20.6. The smallest absolute Gasteiger partial charge is 0.247 e. The van der Waals surface area contributed by atoms with E-state index in [4.69, 9.17) is 9.15 Å². The molecule has 0 spiro atoms. The number of hydrogen-bond donors (Lipinski definition) is 1. The minimum atomic E-state index is 0.0000985. The lowest BCUT2D eigenvalue weighted by atomic mass is 9.83. The van der Waals surface area contributed by atoms with Crippen LogP contribution in [0.4, 0.5) is 0 Å². The molecular formula is C29H30N4O3. The van der Waals surface area contributed by atoms with E-state index in [0.29, 0.717) is 23.9 Å². The van der Waals surface area contributed by atoms with Gasteiger partial charge in [-0.2, -0.15) is 0 Å². The summed E-state index contributed by atoms with van der Waals surface area (Å²) in [5.41, 5.74) is 6.75. The Morgan fingerprint density at radius 3 is 2.53 bits per heavy atom. The first kappa shape index (κ1) is 23.9. The van der Waals surface area contributed by atoms with Gasteiger partial charge in [0.05, 0.1) is 5.71 Å². The summed E-state index contributed by atoms with van der Waals surface area (Å²) in [6.07, 6.45) is 4.10. The molecule has 36 heavy (non-hydrogen) atoms. The lowest BCUT2D eigenvalue weighted by molar-refractivity contribution is 0.0795. The second-order valence-electron chi connectivity index (χ2n) is 9.30. The summed E-state index contributed by atoms with van der Waals surface area (Å²) < 4.78 is 11.5. The highest BCUT2D eigenvalue weighted by Gasteiger charge is 2.23. The quantitative estimate of drug-likeness (QED) is 0.196. The third-order valence-corrected chi connectivity index (χ3v) is 6.88. The highest BCUT2D eigenvalue weighted by Crippen LogP contribution is 2.34. The molecule has 1 fully saturated rings. The number of aromatic nitrogens is 3. The van der Waals surface area contributed by atoms with Gasteiger partial charge in [0.2, 0.25) is 11.8 Å². The van der Waals surface area contributed by atoms with Crippen molar-refractivity contribution < 1.29 is 14.4 Å². The number of rotatable bonds is 7. The van der Waals surface area contributed by atoms with Gasteiger partial charge in [0, 0.05) is 54.5 Å². The van der Waals surface area contributed by atoms with Crippen molar-refractivity contribution in [1.29, 1.82) is 0 Å². The Morgan fingerprint density at radius 1 is 1.03 bits per heavy atom. The standard InChI is InChI=1S/C29H30N4O3/c1-19-5-3-4-6-25(19)26(18-27(33-34)24-11-14-30-20(2)17-24)21-7-9-22(10-8-21)28-31-32-29(36-28)23-12-15-35-16-13-23/h3-11,14,17,23,26,34H,12-13,15-16,18H2,1-2H3/t26-/m1/s1. The Kier molecular flexibility index (Phi) is 7.18. The summed E-state index contributed by atoms with van der Waals surface area (Å²) >= 11 is 0. The maximum Gasteiger partial charge on any atom is 0.247 e. The van der Waals surface area contributed by atoms with Crippen molar-refractivity contribution in [2.75, 3.05) is 13.2 Å². The molecule has 7 nitrogen and oxygen atoms in total. The first-order chi connectivity index (χ1) is 17.6. The van der Waals surface area contributed by atoms with E-state index in [1.54, 1.807) is 6.20 Å².